The number of aromatic nitrogens is 3. The Kier molecular flexibility index (Phi) is 8.21. The van der Waals surface area contributed by atoms with Gasteiger partial charge in [0.05, 0.1) is 18.0 Å². The SMILES string of the molecule is CCc1nc2c(C)cc(C)nc2n1Cc1ccc(-c2ccccc2S(=O)(=O)NC(=O)OCC2CCCCC2)cc1. The largest absolute Gasteiger partial charge is 0.449 e. The molecule has 0 saturated heterocycles. The van der Waals surface area contributed by atoms with Crippen LogP contribution in [0.25, 0.3) is 22.3 Å². The van der Waals surface area contributed by atoms with Gasteiger partial charge in [-0.2, -0.15) is 0 Å². The minimum atomic E-state index is -4.13. The summed E-state index contributed by atoms with van der Waals surface area (Å²) in [6.45, 7) is 6.97. The van der Waals surface area contributed by atoms with Crippen LogP contribution in [0.4, 0.5) is 4.79 Å². The summed E-state index contributed by atoms with van der Waals surface area (Å²) in [5.41, 5.74) is 6.14. The molecule has 2 aromatic carbocycles. The average Bonchev–Trinajstić information content (AvgIpc) is 3.30. The van der Waals surface area contributed by atoms with Crippen LogP contribution in [0.1, 0.15) is 61.7 Å². The fourth-order valence-corrected chi connectivity index (χ4v) is 6.66. The number of carbonyl (C=O) groups is 1. The van der Waals surface area contributed by atoms with E-state index in [0.717, 1.165) is 71.5 Å². The molecule has 8 nitrogen and oxygen atoms in total. The van der Waals surface area contributed by atoms with Crippen LogP contribution in [0.5, 0.6) is 0 Å². The summed E-state index contributed by atoms with van der Waals surface area (Å²) in [6.07, 6.45) is 5.30. The predicted molar refractivity (Wildman–Crippen MR) is 156 cm³/mol. The number of benzene rings is 2. The molecule has 1 fully saturated rings. The van der Waals surface area contributed by atoms with Gasteiger partial charge in [-0.05, 0) is 61.4 Å². The zero-order valence-electron chi connectivity index (χ0n) is 23.3. The molecule has 2 heterocycles. The number of hydrogen-bond acceptors (Lipinski definition) is 6. The second kappa shape index (κ2) is 11.8. The molecule has 0 unspecified atom stereocenters. The first-order chi connectivity index (χ1) is 19.2. The van der Waals surface area contributed by atoms with Crippen molar-refractivity contribution in [3.05, 3.63) is 77.2 Å². The Labute approximate surface area is 235 Å². The van der Waals surface area contributed by atoms with E-state index in [-0.39, 0.29) is 11.5 Å². The van der Waals surface area contributed by atoms with Crippen molar-refractivity contribution in [1.82, 2.24) is 19.3 Å². The van der Waals surface area contributed by atoms with E-state index in [4.69, 9.17) is 14.7 Å². The standard InChI is InChI=1S/C31H36N4O4S/c1-4-28-33-29-21(2)18-22(3)32-30(29)35(28)19-23-14-16-25(17-15-23)26-12-8-9-13-27(26)40(37,38)34-31(36)39-20-24-10-6-5-7-11-24/h8-9,12-18,24H,4-7,10-11,19-20H2,1-3H3,(H,34,36). The Morgan fingerprint density at radius 3 is 2.48 bits per heavy atom. The third kappa shape index (κ3) is 6.04. The Morgan fingerprint density at radius 1 is 1.02 bits per heavy atom. The molecule has 0 atom stereocenters. The first-order valence-electron chi connectivity index (χ1n) is 14.0. The molecule has 1 saturated carbocycles. The third-order valence-electron chi connectivity index (χ3n) is 7.59. The van der Waals surface area contributed by atoms with E-state index in [9.17, 15) is 13.2 Å². The van der Waals surface area contributed by atoms with E-state index in [2.05, 4.69) is 23.1 Å². The number of rotatable bonds is 8. The molecule has 5 rings (SSSR count). The lowest BCUT2D eigenvalue weighted by molar-refractivity contribution is 0.121. The van der Waals surface area contributed by atoms with Crippen molar-refractivity contribution in [3.8, 4) is 11.1 Å². The minimum Gasteiger partial charge on any atom is -0.449 e. The number of nitrogens with one attached hydrogen (secondary N) is 1. The van der Waals surface area contributed by atoms with Gasteiger partial charge in [-0.3, -0.25) is 0 Å². The molecule has 0 spiro atoms. The molecular formula is C31H36N4O4S. The van der Waals surface area contributed by atoms with Gasteiger partial charge in [0, 0.05) is 17.7 Å². The second-order valence-electron chi connectivity index (χ2n) is 10.6. The molecule has 1 aliphatic carbocycles. The smallest absolute Gasteiger partial charge is 0.421 e. The van der Waals surface area contributed by atoms with Gasteiger partial charge in [-0.1, -0.05) is 68.7 Å². The van der Waals surface area contributed by atoms with Crippen LogP contribution in [0.3, 0.4) is 0 Å². The highest BCUT2D eigenvalue weighted by Crippen LogP contribution is 2.29. The van der Waals surface area contributed by atoms with Gasteiger partial charge in [-0.25, -0.2) is 27.9 Å². The molecule has 0 aliphatic heterocycles. The van der Waals surface area contributed by atoms with Crippen LogP contribution in [-0.2, 0) is 27.7 Å². The van der Waals surface area contributed by atoms with Crippen LogP contribution in [0, 0.1) is 19.8 Å². The van der Waals surface area contributed by atoms with E-state index in [1.807, 2.05) is 37.3 Å². The van der Waals surface area contributed by atoms with Crippen molar-refractivity contribution in [2.75, 3.05) is 6.61 Å². The van der Waals surface area contributed by atoms with Gasteiger partial charge in [0.2, 0.25) is 0 Å². The topological polar surface area (TPSA) is 103 Å². The molecule has 40 heavy (non-hydrogen) atoms. The summed E-state index contributed by atoms with van der Waals surface area (Å²) in [6, 6.07) is 16.5. The first-order valence-corrected chi connectivity index (χ1v) is 15.4. The first kappa shape index (κ1) is 27.8. The van der Waals surface area contributed by atoms with Gasteiger partial charge in [0.15, 0.2) is 5.65 Å². The summed E-state index contributed by atoms with van der Waals surface area (Å²) in [7, 11) is -4.13. The van der Waals surface area contributed by atoms with E-state index < -0.39 is 16.1 Å². The lowest BCUT2D eigenvalue weighted by Gasteiger charge is -2.21. The molecule has 9 heteroatoms. The van der Waals surface area contributed by atoms with Gasteiger partial charge in [0.25, 0.3) is 10.0 Å². The van der Waals surface area contributed by atoms with Crippen LogP contribution in [0.15, 0.2) is 59.5 Å². The number of amides is 1. The Bertz CT molecular complexity index is 1620. The summed E-state index contributed by atoms with van der Waals surface area (Å²) in [5, 5.41) is 0. The van der Waals surface area contributed by atoms with Crippen molar-refractivity contribution in [2.45, 2.75) is 70.7 Å². The summed E-state index contributed by atoms with van der Waals surface area (Å²) >= 11 is 0. The van der Waals surface area contributed by atoms with Crippen LogP contribution >= 0.6 is 0 Å². The molecule has 0 radical (unpaired) electrons. The Balaban J connectivity index is 1.34. The maximum atomic E-state index is 13.2. The highest BCUT2D eigenvalue weighted by molar-refractivity contribution is 7.90. The number of hydrogen-bond donors (Lipinski definition) is 1. The van der Waals surface area contributed by atoms with Crippen molar-refractivity contribution in [2.24, 2.45) is 5.92 Å². The molecule has 210 valence electrons. The van der Waals surface area contributed by atoms with Crippen molar-refractivity contribution < 1.29 is 17.9 Å². The molecule has 1 aliphatic rings. The highest BCUT2D eigenvalue weighted by atomic mass is 32.2. The van der Waals surface area contributed by atoms with Crippen molar-refractivity contribution in [3.63, 3.8) is 0 Å². The average molecular weight is 561 g/mol. The number of fused-ring (bicyclic) bond motifs is 1. The maximum absolute atomic E-state index is 13.2. The normalized spacial score (nSPS) is 14.4. The number of sulfonamides is 1. The fourth-order valence-electron chi connectivity index (χ4n) is 5.54. The second-order valence-corrected chi connectivity index (χ2v) is 12.3. The lowest BCUT2D eigenvalue weighted by Crippen LogP contribution is -2.32. The zero-order chi connectivity index (χ0) is 28.3. The summed E-state index contributed by atoms with van der Waals surface area (Å²) in [4.78, 5) is 22.0. The predicted octanol–water partition coefficient (Wildman–Crippen LogP) is 6.32. The van der Waals surface area contributed by atoms with E-state index in [1.165, 1.54) is 12.5 Å². The molecule has 0 bridgehead atoms. The summed E-state index contributed by atoms with van der Waals surface area (Å²) in [5.74, 6) is 1.27. The van der Waals surface area contributed by atoms with Gasteiger partial charge >= 0.3 is 6.09 Å². The van der Waals surface area contributed by atoms with Crippen LogP contribution in [0.2, 0.25) is 0 Å². The zero-order valence-corrected chi connectivity index (χ0v) is 24.1. The van der Waals surface area contributed by atoms with E-state index in [0.29, 0.717) is 18.0 Å². The van der Waals surface area contributed by atoms with Gasteiger partial charge in [-0.15, -0.1) is 0 Å². The Morgan fingerprint density at radius 2 is 1.75 bits per heavy atom. The van der Waals surface area contributed by atoms with E-state index in [1.54, 1.807) is 18.2 Å². The van der Waals surface area contributed by atoms with E-state index >= 15 is 0 Å². The van der Waals surface area contributed by atoms with Crippen molar-refractivity contribution >= 4 is 27.3 Å². The molecule has 1 amide bonds. The molecular weight excluding hydrogens is 524 g/mol. The van der Waals surface area contributed by atoms with Gasteiger partial charge < -0.3 is 9.30 Å². The molecule has 2 aromatic heterocycles. The number of nitrogens with zero attached hydrogens (tertiary/aromatic N) is 3. The van der Waals surface area contributed by atoms with Crippen LogP contribution < -0.4 is 4.72 Å². The quantitative estimate of drug-likeness (QED) is 0.270. The number of pyridine rings is 1. The molecule has 1 N–H and O–H groups in total. The fraction of sp³-hybridized carbons (Fsp3) is 0.387. The number of aryl methyl sites for hydroxylation is 3. The maximum Gasteiger partial charge on any atom is 0.421 e. The van der Waals surface area contributed by atoms with Gasteiger partial charge in [0.1, 0.15) is 11.3 Å². The van der Waals surface area contributed by atoms with Crippen LogP contribution in [-0.4, -0.2) is 35.7 Å². The monoisotopic (exact) mass is 560 g/mol. The third-order valence-corrected chi connectivity index (χ3v) is 8.96. The summed E-state index contributed by atoms with van der Waals surface area (Å²) < 4.78 is 35.9. The number of imidazole rings is 1. The van der Waals surface area contributed by atoms with Crippen molar-refractivity contribution in [1.29, 1.82) is 0 Å². The minimum absolute atomic E-state index is 0.0291. The number of ether oxygens (including phenoxy) is 1. The number of carbonyl (C=O) groups excluding carboxylic acids is 1. The lowest BCUT2D eigenvalue weighted by atomic mass is 9.90. The molecule has 4 aromatic rings. The Hall–Kier alpha value is -3.72. The highest BCUT2D eigenvalue weighted by Gasteiger charge is 2.24.